The van der Waals surface area contributed by atoms with Crippen LogP contribution in [0.5, 0.6) is 0 Å². The van der Waals surface area contributed by atoms with Crippen LogP contribution in [0.3, 0.4) is 0 Å². The Morgan fingerprint density at radius 3 is 2.22 bits per heavy atom. The zero-order chi connectivity index (χ0) is 13.2. The van der Waals surface area contributed by atoms with Crippen LogP contribution in [0.2, 0.25) is 0 Å². The van der Waals surface area contributed by atoms with Crippen LogP contribution >= 0.6 is 0 Å². The number of hydrogen-bond acceptors (Lipinski definition) is 2. The van der Waals surface area contributed by atoms with Crippen molar-refractivity contribution in [2.24, 2.45) is 5.41 Å². The number of hydrogen-bond donors (Lipinski definition) is 1. The second-order valence-electron chi connectivity index (χ2n) is 5.92. The zero-order valence-corrected chi connectivity index (χ0v) is 11.6. The highest BCUT2D eigenvalue weighted by Crippen LogP contribution is 2.32. The molecule has 1 aromatic carbocycles. The summed E-state index contributed by atoms with van der Waals surface area (Å²) in [6, 6.07) is 8.15. The van der Waals surface area contributed by atoms with Gasteiger partial charge in [-0.15, -0.1) is 0 Å². The molecule has 0 spiro atoms. The van der Waals surface area contributed by atoms with Crippen LogP contribution in [0.25, 0.3) is 0 Å². The molecular formula is C16H23NO. The highest BCUT2D eigenvalue weighted by molar-refractivity contribution is 6.00. The number of benzene rings is 1. The molecule has 1 saturated heterocycles. The Morgan fingerprint density at radius 1 is 1.17 bits per heavy atom. The zero-order valence-electron chi connectivity index (χ0n) is 11.6. The van der Waals surface area contributed by atoms with E-state index >= 15 is 0 Å². The fraction of sp³-hybridized carbons (Fsp3) is 0.562. The molecule has 0 unspecified atom stereocenters. The molecule has 1 aliphatic rings. The lowest BCUT2D eigenvalue weighted by Crippen LogP contribution is -2.40. The van der Waals surface area contributed by atoms with E-state index in [4.69, 9.17) is 0 Å². The van der Waals surface area contributed by atoms with E-state index in [2.05, 4.69) is 38.2 Å². The Kier molecular flexibility index (Phi) is 3.86. The van der Waals surface area contributed by atoms with Crippen molar-refractivity contribution in [2.45, 2.75) is 39.5 Å². The number of carbonyl (C=O) groups excluding carboxylic acids is 1. The van der Waals surface area contributed by atoms with Crippen molar-refractivity contribution in [1.82, 2.24) is 5.32 Å². The first-order chi connectivity index (χ1) is 8.53. The molecule has 2 rings (SSSR count). The third-order valence-electron chi connectivity index (χ3n) is 4.09. The summed E-state index contributed by atoms with van der Waals surface area (Å²) >= 11 is 0. The summed E-state index contributed by atoms with van der Waals surface area (Å²) in [6.45, 7) is 8.35. The van der Waals surface area contributed by atoms with Crippen LogP contribution in [0.15, 0.2) is 24.3 Å². The van der Waals surface area contributed by atoms with Crippen molar-refractivity contribution < 1.29 is 4.79 Å². The second-order valence-corrected chi connectivity index (χ2v) is 5.92. The van der Waals surface area contributed by atoms with Gasteiger partial charge in [-0.1, -0.05) is 45.0 Å². The fourth-order valence-corrected chi connectivity index (χ4v) is 2.57. The summed E-state index contributed by atoms with van der Waals surface area (Å²) in [7, 11) is 0. The predicted octanol–water partition coefficient (Wildman–Crippen LogP) is 3.38. The second kappa shape index (κ2) is 5.23. The molecule has 2 nitrogen and oxygen atoms in total. The number of nitrogens with one attached hydrogen (secondary N) is 1. The standard InChI is InChI=1S/C16H23NO/c1-12(2)13-4-6-14(7-5-13)15(18)16(3)8-10-17-11-9-16/h4-7,12,17H,8-11H2,1-3H3. The van der Waals surface area contributed by atoms with Crippen molar-refractivity contribution in [3.8, 4) is 0 Å². The van der Waals surface area contributed by atoms with Crippen molar-refractivity contribution in [3.63, 3.8) is 0 Å². The normalized spacial score (nSPS) is 18.9. The highest BCUT2D eigenvalue weighted by Gasteiger charge is 2.34. The summed E-state index contributed by atoms with van der Waals surface area (Å²) in [6.07, 6.45) is 1.88. The molecule has 1 fully saturated rings. The first-order valence-electron chi connectivity index (χ1n) is 6.88. The number of carbonyl (C=O) groups is 1. The summed E-state index contributed by atoms with van der Waals surface area (Å²) < 4.78 is 0. The molecule has 0 atom stereocenters. The van der Waals surface area contributed by atoms with E-state index < -0.39 is 0 Å². The topological polar surface area (TPSA) is 29.1 Å². The van der Waals surface area contributed by atoms with Gasteiger partial charge in [0, 0.05) is 11.0 Å². The molecule has 18 heavy (non-hydrogen) atoms. The average molecular weight is 245 g/mol. The molecule has 2 heteroatoms. The van der Waals surface area contributed by atoms with E-state index in [0.717, 1.165) is 31.5 Å². The molecular weight excluding hydrogens is 222 g/mol. The maximum atomic E-state index is 12.6. The molecule has 0 amide bonds. The van der Waals surface area contributed by atoms with E-state index in [1.165, 1.54) is 5.56 Å². The predicted molar refractivity (Wildman–Crippen MR) is 75.1 cm³/mol. The van der Waals surface area contributed by atoms with Gasteiger partial charge in [0.2, 0.25) is 0 Å². The number of rotatable bonds is 3. The largest absolute Gasteiger partial charge is 0.317 e. The van der Waals surface area contributed by atoms with Gasteiger partial charge in [-0.25, -0.2) is 0 Å². The average Bonchev–Trinajstić information content (AvgIpc) is 2.39. The third kappa shape index (κ3) is 2.64. The van der Waals surface area contributed by atoms with Gasteiger partial charge in [0.05, 0.1) is 0 Å². The quantitative estimate of drug-likeness (QED) is 0.827. The lowest BCUT2D eigenvalue weighted by molar-refractivity contribution is 0.0762. The van der Waals surface area contributed by atoms with Gasteiger partial charge in [-0.2, -0.15) is 0 Å². The molecule has 1 N–H and O–H groups in total. The number of piperidine rings is 1. The SMILES string of the molecule is CC(C)c1ccc(C(=O)C2(C)CCNCC2)cc1. The monoisotopic (exact) mass is 245 g/mol. The van der Waals surface area contributed by atoms with Gasteiger partial charge in [0.25, 0.3) is 0 Å². The maximum Gasteiger partial charge on any atom is 0.168 e. The van der Waals surface area contributed by atoms with Crippen molar-refractivity contribution in [3.05, 3.63) is 35.4 Å². The summed E-state index contributed by atoms with van der Waals surface area (Å²) in [5, 5.41) is 3.32. The lowest BCUT2D eigenvalue weighted by Gasteiger charge is -2.32. The van der Waals surface area contributed by atoms with Gasteiger partial charge < -0.3 is 5.32 Å². The number of Topliss-reactive ketones (excluding diaryl/α,β-unsaturated/α-hetero) is 1. The molecule has 0 saturated carbocycles. The molecule has 0 aromatic heterocycles. The van der Waals surface area contributed by atoms with E-state index in [1.807, 2.05) is 12.1 Å². The van der Waals surface area contributed by atoms with Gasteiger partial charge in [0.1, 0.15) is 0 Å². The smallest absolute Gasteiger partial charge is 0.168 e. The third-order valence-corrected chi connectivity index (χ3v) is 4.09. The van der Waals surface area contributed by atoms with Gasteiger partial charge in [0.15, 0.2) is 5.78 Å². The minimum atomic E-state index is -0.176. The van der Waals surface area contributed by atoms with Gasteiger partial charge in [-0.3, -0.25) is 4.79 Å². The van der Waals surface area contributed by atoms with Gasteiger partial charge >= 0.3 is 0 Å². The minimum absolute atomic E-state index is 0.176. The van der Waals surface area contributed by atoms with E-state index in [9.17, 15) is 4.79 Å². The summed E-state index contributed by atoms with van der Waals surface area (Å²) in [4.78, 5) is 12.6. The van der Waals surface area contributed by atoms with Crippen LogP contribution < -0.4 is 5.32 Å². The van der Waals surface area contributed by atoms with Crippen LogP contribution in [-0.2, 0) is 0 Å². The van der Waals surface area contributed by atoms with Crippen LogP contribution in [-0.4, -0.2) is 18.9 Å². The van der Waals surface area contributed by atoms with Crippen molar-refractivity contribution in [2.75, 3.05) is 13.1 Å². The molecule has 1 heterocycles. The first kappa shape index (κ1) is 13.3. The van der Waals surface area contributed by atoms with Crippen LogP contribution in [0.1, 0.15) is 55.5 Å². The number of ketones is 1. The molecule has 0 bridgehead atoms. The first-order valence-corrected chi connectivity index (χ1v) is 6.88. The Labute approximate surface area is 110 Å². The Balaban J connectivity index is 2.17. The van der Waals surface area contributed by atoms with Gasteiger partial charge in [-0.05, 0) is 37.4 Å². The Bertz CT molecular complexity index is 413. The molecule has 0 radical (unpaired) electrons. The molecule has 0 aliphatic carbocycles. The van der Waals surface area contributed by atoms with E-state index in [1.54, 1.807) is 0 Å². The van der Waals surface area contributed by atoms with Crippen molar-refractivity contribution in [1.29, 1.82) is 0 Å². The van der Waals surface area contributed by atoms with Crippen molar-refractivity contribution >= 4 is 5.78 Å². The summed E-state index contributed by atoms with van der Waals surface area (Å²) in [5.74, 6) is 0.822. The lowest BCUT2D eigenvalue weighted by atomic mass is 9.75. The summed E-state index contributed by atoms with van der Waals surface area (Å²) in [5.41, 5.74) is 1.98. The highest BCUT2D eigenvalue weighted by atomic mass is 16.1. The minimum Gasteiger partial charge on any atom is -0.317 e. The fourth-order valence-electron chi connectivity index (χ4n) is 2.57. The molecule has 98 valence electrons. The van der Waals surface area contributed by atoms with E-state index in [0.29, 0.717) is 11.7 Å². The maximum absolute atomic E-state index is 12.6. The Hall–Kier alpha value is -1.15. The van der Waals surface area contributed by atoms with Crippen LogP contribution in [0, 0.1) is 5.41 Å². The molecule has 1 aromatic rings. The van der Waals surface area contributed by atoms with E-state index in [-0.39, 0.29) is 5.41 Å². The van der Waals surface area contributed by atoms with Crippen LogP contribution in [0.4, 0.5) is 0 Å². The molecule has 1 aliphatic heterocycles. The Morgan fingerprint density at radius 2 is 1.72 bits per heavy atom.